The van der Waals surface area contributed by atoms with Crippen LogP contribution in [0.5, 0.6) is 0 Å². The van der Waals surface area contributed by atoms with Crippen LogP contribution in [0.2, 0.25) is 0 Å². The van der Waals surface area contributed by atoms with Crippen molar-refractivity contribution in [1.29, 1.82) is 0 Å². The van der Waals surface area contributed by atoms with E-state index >= 15 is 0 Å². The molecule has 0 saturated heterocycles. The van der Waals surface area contributed by atoms with Gasteiger partial charge in [0, 0.05) is 5.56 Å². The molecule has 4 aromatic rings. The number of aryl methyl sites for hydroxylation is 2. The van der Waals surface area contributed by atoms with Crippen molar-refractivity contribution in [1.82, 2.24) is 25.3 Å². The largest absolute Gasteiger partial charge is 0.362 e. The lowest BCUT2D eigenvalue weighted by molar-refractivity contribution is 0.0368. The van der Waals surface area contributed by atoms with Gasteiger partial charge in [-0.3, -0.25) is 4.79 Å². The summed E-state index contributed by atoms with van der Waals surface area (Å²) in [7, 11) is 0. The van der Waals surface area contributed by atoms with E-state index in [1.807, 2.05) is 36.4 Å². The van der Waals surface area contributed by atoms with Gasteiger partial charge in [-0.2, -0.15) is 9.61 Å². The molecule has 2 aromatic carbocycles. The van der Waals surface area contributed by atoms with E-state index in [2.05, 4.69) is 20.8 Å². The molecule has 4 rings (SSSR count). The second-order valence-electron chi connectivity index (χ2n) is 6.39. The molecule has 0 aliphatic rings. The van der Waals surface area contributed by atoms with E-state index < -0.39 is 5.97 Å². The Morgan fingerprint density at radius 3 is 2.17 bits per heavy atom. The van der Waals surface area contributed by atoms with E-state index in [1.165, 1.54) is 4.52 Å². The van der Waals surface area contributed by atoms with Crippen LogP contribution in [-0.4, -0.2) is 25.8 Å². The summed E-state index contributed by atoms with van der Waals surface area (Å²) in [5.74, 6) is -0.542. The molecule has 0 atom stereocenters. The fourth-order valence-corrected chi connectivity index (χ4v) is 2.95. The van der Waals surface area contributed by atoms with E-state index in [0.29, 0.717) is 22.2 Å². The third-order valence-corrected chi connectivity index (χ3v) is 4.40. The Morgan fingerprint density at radius 1 is 0.897 bits per heavy atom. The van der Waals surface area contributed by atoms with Gasteiger partial charge in [0.05, 0.1) is 22.2 Å². The minimum Gasteiger partial charge on any atom is -0.338 e. The molecule has 144 valence electrons. The maximum atomic E-state index is 12.4. The highest BCUT2D eigenvalue weighted by molar-refractivity contribution is 5.89. The van der Waals surface area contributed by atoms with Crippen LogP contribution < -0.4 is 16.3 Å². The summed E-state index contributed by atoms with van der Waals surface area (Å²) >= 11 is 0. The number of hydrogen-bond donors (Lipinski definition) is 1. The molecule has 0 fully saturated rings. The quantitative estimate of drug-likeness (QED) is 0.528. The average molecular weight is 387 g/mol. The number of nitrogens with zero attached hydrogens (tertiary/aromatic N) is 4. The summed E-state index contributed by atoms with van der Waals surface area (Å²) in [5.41, 5.74) is 5.07. The number of hydrogen-bond acceptors (Lipinski definition) is 7. The molecule has 0 aliphatic heterocycles. The summed E-state index contributed by atoms with van der Waals surface area (Å²) in [6.07, 6.45) is 0. The van der Waals surface area contributed by atoms with Gasteiger partial charge in [0.1, 0.15) is 5.69 Å². The number of carbonyl (C=O) groups is 1. The zero-order chi connectivity index (χ0) is 20.4. The zero-order valence-corrected chi connectivity index (χ0v) is 15.8. The smallest absolute Gasteiger partial charge is 0.338 e. The van der Waals surface area contributed by atoms with Crippen molar-refractivity contribution in [3.05, 3.63) is 98.8 Å². The highest BCUT2D eigenvalue weighted by Gasteiger charge is 2.16. The summed E-state index contributed by atoms with van der Waals surface area (Å²) in [6, 6.07) is 17.9. The average Bonchev–Trinajstić information content (AvgIpc) is 3.09. The van der Waals surface area contributed by atoms with Crippen LogP contribution in [0.25, 0.3) is 11.3 Å². The predicted octanol–water partition coefficient (Wildman–Crippen LogP) is 1.34. The Balaban J connectivity index is 1.87. The minimum absolute atomic E-state index is 0.247. The molecule has 0 radical (unpaired) electrons. The first-order valence-corrected chi connectivity index (χ1v) is 8.91. The molecule has 0 unspecified atom stereocenters. The first kappa shape index (κ1) is 18.3. The number of hydroxylamine groups is 1. The van der Waals surface area contributed by atoms with Gasteiger partial charge in [-0.25, -0.2) is 10.3 Å². The van der Waals surface area contributed by atoms with E-state index in [4.69, 9.17) is 4.84 Å². The predicted molar refractivity (Wildman–Crippen MR) is 106 cm³/mol. The van der Waals surface area contributed by atoms with Gasteiger partial charge in [0.2, 0.25) is 0 Å². The molecule has 0 saturated carbocycles. The molecule has 2 aromatic heterocycles. The van der Waals surface area contributed by atoms with Gasteiger partial charge in [0.25, 0.3) is 5.56 Å². The number of carbonyl (C=O) groups excluding carboxylic acids is 1. The topological polar surface area (TPSA) is 98.5 Å². The lowest BCUT2D eigenvalue weighted by Crippen LogP contribution is -2.27. The number of fused-ring (bicyclic) bond motifs is 1. The van der Waals surface area contributed by atoms with Crippen LogP contribution in [0.4, 0.5) is 0 Å². The molecular formula is C21H17N5O3. The molecular weight excluding hydrogens is 370 g/mol. The molecule has 29 heavy (non-hydrogen) atoms. The van der Waals surface area contributed by atoms with Crippen LogP contribution in [0.1, 0.15) is 27.3 Å². The number of benzene rings is 2. The Morgan fingerprint density at radius 2 is 1.52 bits per heavy atom. The monoisotopic (exact) mass is 387 g/mol. The Bertz CT molecular complexity index is 1300. The van der Waals surface area contributed by atoms with Gasteiger partial charge in [-0.05, 0) is 26.0 Å². The third kappa shape index (κ3) is 3.43. The normalized spacial score (nSPS) is 11.9. The van der Waals surface area contributed by atoms with E-state index in [1.54, 1.807) is 38.1 Å². The highest BCUT2D eigenvalue weighted by atomic mass is 16.7. The van der Waals surface area contributed by atoms with Crippen LogP contribution >= 0.6 is 0 Å². The Labute approximate surface area is 165 Å². The van der Waals surface area contributed by atoms with Gasteiger partial charge < -0.3 is 4.84 Å². The maximum absolute atomic E-state index is 12.4. The van der Waals surface area contributed by atoms with Crippen molar-refractivity contribution in [3.63, 3.8) is 0 Å². The lowest BCUT2D eigenvalue weighted by Gasteiger charge is -2.11. The van der Waals surface area contributed by atoms with E-state index in [-0.39, 0.29) is 16.9 Å². The number of aromatic nitrogens is 4. The molecule has 1 N–H and O–H groups in total. The summed E-state index contributed by atoms with van der Waals surface area (Å²) in [4.78, 5) is 30.1. The second kappa shape index (κ2) is 7.51. The lowest BCUT2D eigenvalue weighted by atomic mass is 10.1. The van der Waals surface area contributed by atoms with Crippen molar-refractivity contribution in [3.8, 4) is 0 Å². The van der Waals surface area contributed by atoms with E-state index in [9.17, 15) is 9.59 Å². The highest BCUT2D eigenvalue weighted by Crippen LogP contribution is 2.11. The molecule has 0 aliphatic carbocycles. The third-order valence-electron chi connectivity index (χ3n) is 4.40. The minimum atomic E-state index is -0.542. The van der Waals surface area contributed by atoms with Gasteiger partial charge >= 0.3 is 5.97 Å². The van der Waals surface area contributed by atoms with Gasteiger partial charge in [-0.1, -0.05) is 48.5 Å². The van der Waals surface area contributed by atoms with Crippen molar-refractivity contribution >= 4 is 17.3 Å². The van der Waals surface area contributed by atoms with Crippen LogP contribution in [0.3, 0.4) is 0 Å². The van der Waals surface area contributed by atoms with E-state index in [0.717, 1.165) is 5.56 Å². The summed E-state index contributed by atoms with van der Waals surface area (Å²) < 4.78 is 1.20. The van der Waals surface area contributed by atoms with Crippen molar-refractivity contribution in [2.45, 2.75) is 13.8 Å². The maximum Gasteiger partial charge on any atom is 0.362 e. The SMILES string of the molecule is Cc1nnc2/c(=C(\NOC(=O)c3ccccc3)c3ccccc3)c(C)nn2c1=O. The number of nitrogens with one attached hydrogen (secondary N) is 1. The van der Waals surface area contributed by atoms with Crippen LogP contribution in [0, 0.1) is 13.8 Å². The summed E-state index contributed by atoms with van der Waals surface area (Å²) in [6.45, 7) is 3.33. The Hall–Kier alpha value is -4.07. The standard InChI is InChI=1S/C21H17N5O3/c1-13-17(19-23-22-14(2)20(27)26(19)24-13)18(15-9-5-3-6-10-15)25-29-21(28)16-11-7-4-8-12-16/h3-12,25H,1-2H3/b18-17-. The Kier molecular flexibility index (Phi) is 4.74. The zero-order valence-electron chi connectivity index (χ0n) is 15.8. The van der Waals surface area contributed by atoms with Crippen molar-refractivity contribution in [2.75, 3.05) is 0 Å². The van der Waals surface area contributed by atoms with Crippen LogP contribution in [0.15, 0.2) is 65.5 Å². The van der Waals surface area contributed by atoms with Gasteiger partial charge in [0.15, 0.2) is 5.65 Å². The number of rotatable bonds is 4. The summed E-state index contributed by atoms with van der Waals surface area (Å²) in [5, 5.41) is 12.9. The first-order valence-electron chi connectivity index (χ1n) is 8.91. The van der Waals surface area contributed by atoms with Crippen molar-refractivity contribution < 1.29 is 9.63 Å². The molecule has 8 nitrogen and oxygen atoms in total. The molecule has 2 heterocycles. The van der Waals surface area contributed by atoms with Crippen LogP contribution in [-0.2, 0) is 4.84 Å². The molecule has 0 spiro atoms. The van der Waals surface area contributed by atoms with Crippen molar-refractivity contribution in [2.24, 2.45) is 0 Å². The van der Waals surface area contributed by atoms with Gasteiger partial charge in [-0.15, -0.1) is 10.2 Å². The molecule has 8 heteroatoms. The fraction of sp³-hybridized carbons (Fsp3) is 0.0952. The fourth-order valence-electron chi connectivity index (χ4n) is 2.95. The first-order chi connectivity index (χ1) is 14.1. The second-order valence-corrected chi connectivity index (χ2v) is 6.39. The molecule has 0 bridgehead atoms. The molecule has 0 amide bonds.